The van der Waals surface area contributed by atoms with Gasteiger partial charge in [0.15, 0.2) is 0 Å². The van der Waals surface area contributed by atoms with E-state index >= 15 is 0 Å². The smallest absolute Gasteiger partial charge is 0.217 e. The third kappa shape index (κ3) is 15.6. The second kappa shape index (κ2) is 16.6. The lowest BCUT2D eigenvalue weighted by molar-refractivity contribution is -0.118. The van der Waals surface area contributed by atoms with Gasteiger partial charge in [-0.25, -0.2) is 0 Å². The molecule has 0 aromatic carbocycles. The van der Waals surface area contributed by atoms with Gasteiger partial charge in [0, 0.05) is 13.0 Å². The van der Waals surface area contributed by atoms with Crippen molar-refractivity contribution in [2.75, 3.05) is 19.8 Å². The quantitative estimate of drug-likeness (QED) is 0.232. The largest absolute Gasteiger partial charge is 0.378 e. The van der Waals surface area contributed by atoms with E-state index in [9.17, 15) is 4.79 Å². The van der Waals surface area contributed by atoms with E-state index in [1.165, 1.54) is 77.0 Å². The molecule has 1 heterocycles. The minimum absolute atomic E-state index is 0.166. The zero-order chi connectivity index (χ0) is 18.9. The molecule has 26 heavy (non-hydrogen) atoms. The monoisotopic (exact) mass is 369 g/mol. The van der Waals surface area contributed by atoms with Crippen molar-refractivity contribution in [3.05, 3.63) is 0 Å². The van der Waals surface area contributed by atoms with Crippen LogP contribution < -0.4 is 5.73 Å². The Balaban J connectivity index is 1.99. The molecule has 0 bridgehead atoms. The van der Waals surface area contributed by atoms with E-state index in [0.717, 1.165) is 38.6 Å². The maximum Gasteiger partial charge on any atom is 0.217 e. The summed E-state index contributed by atoms with van der Waals surface area (Å²) in [6, 6.07) is 0. The third-order valence-electron chi connectivity index (χ3n) is 5.31. The van der Waals surface area contributed by atoms with Crippen LogP contribution in [0.3, 0.4) is 0 Å². The van der Waals surface area contributed by atoms with Crippen molar-refractivity contribution >= 4 is 5.91 Å². The highest BCUT2D eigenvalue weighted by Crippen LogP contribution is 2.20. The number of amides is 1. The molecular weight excluding hydrogens is 326 g/mol. The number of primary amides is 1. The number of hydrogen-bond acceptors (Lipinski definition) is 3. The SMILES string of the molecule is CCCCCCCC(CCCCCCCCCC(N)=O)COCC1CO1. The second-order valence-corrected chi connectivity index (χ2v) is 8.04. The van der Waals surface area contributed by atoms with Gasteiger partial charge in [-0.3, -0.25) is 4.79 Å². The number of carbonyl (C=O) groups is 1. The van der Waals surface area contributed by atoms with Crippen LogP contribution in [-0.4, -0.2) is 31.8 Å². The summed E-state index contributed by atoms with van der Waals surface area (Å²) in [4.78, 5) is 10.7. The fourth-order valence-electron chi connectivity index (χ4n) is 3.49. The third-order valence-corrected chi connectivity index (χ3v) is 5.31. The summed E-state index contributed by atoms with van der Waals surface area (Å²) in [5.41, 5.74) is 5.16. The first-order valence-corrected chi connectivity index (χ1v) is 11.2. The van der Waals surface area contributed by atoms with Crippen LogP contribution in [0.1, 0.15) is 103 Å². The lowest BCUT2D eigenvalue weighted by Gasteiger charge is -2.17. The zero-order valence-electron chi connectivity index (χ0n) is 17.2. The molecule has 0 aliphatic carbocycles. The van der Waals surface area contributed by atoms with Gasteiger partial charge in [-0.2, -0.15) is 0 Å². The van der Waals surface area contributed by atoms with Gasteiger partial charge in [0.25, 0.3) is 0 Å². The zero-order valence-corrected chi connectivity index (χ0v) is 17.2. The maximum atomic E-state index is 10.7. The number of rotatable bonds is 20. The molecule has 2 atom stereocenters. The molecule has 1 rings (SSSR count). The first-order valence-electron chi connectivity index (χ1n) is 11.2. The van der Waals surface area contributed by atoms with E-state index in [4.69, 9.17) is 15.2 Å². The van der Waals surface area contributed by atoms with E-state index in [1.54, 1.807) is 0 Å². The van der Waals surface area contributed by atoms with E-state index < -0.39 is 0 Å². The standard InChI is InChI=1S/C22H43NO3/c1-2-3-4-8-11-14-20(17-25-18-21-19-26-21)15-12-9-6-5-7-10-13-16-22(23)24/h20-21H,2-19H2,1H3,(H2,23,24). The molecule has 1 amide bonds. The number of ether oxygens (including phenoxy) is 2. The van der Waals surface area contributed by atoms with Crippen LogP contribution in [0, 0.1) is 5.92 Å². The summed E-state index contributed by atoms with van der Waals surface area (Å²) in [5, 5.41) is 0. The Bertz CT molecular complexity index is 331. The van der Waals surface area contributed by atoms with E-state index in [1.807, 2.05) is 0 Å². The average molecular weight is 370 g/mol. The number of unbranched alkanes of at least 4 members (excludes halogenated alkanes) is 10. The molecule has 0 aromatic heterocycles. The fourth-order valence-corrected chi connectivity index (χ4v) is 3.49. The molecule has 154 valence electrons. The van der Waals surface area contributed by atoms with Crippen LogP contribution in [0.2, 0.25) is 0 Å². The molecule has 1 aliphatic heterocycles. The number of nitrogens with two attached hydrogens (primary N) is 1. The summed E-state index contributed by atoms with van der Waals surface area (Å²) in [5.74, 6) is 0.562. The Hall–Kier alpha value is -0.610. The van der Waals surface area contributed by atoms with Crippen LogP contribution in [0.25, 0.3) is 0 Å². The molecule has 2 N–H and O–H groups in total. The molecule has 0 saturated carbocycles. The van der Waals surface area contributed by atoms with Crippen molar-refractivity contribution in [3.63, 3.8) is 0 Å². The fraction of sp³-hybridized carbons (Fsp3) is 0.955. The molecule has 2 unspecified atom stereocenters. The maximum absolute atomic E-state index is 10.7. The Morgan fingerprint density at radius 3 is 2.04 bits per heavy atom. The van der Waals surface area contributed by atoms with Crippen molar-refractivity contribution in [1.82, 2.24) is 0 Å². The van der Waals surface area contributed by atoms with E-state index in [2.05, 4.69) is 6.92 Å². The predicted molar refractivity (Wildman–Crippen MR) is 108 cm³/mol. The number of hydrogen-bond donors (Lipinski definition) is 1. The summed E-state index contributed by atoms with van der Waals surface area (Å²) >= 11 is 0. The van der Waals surface area contributed by atoms with Crippen LogP contribution in [0.5, 0.6) is 0 Å². The number of epoxide rings is 1. The van der Waals surface area contributed by atoms with Crippen LogP contribution in [-0.2, 0) is 14.3 Å². The molecule has 4 nitrogen and oxygen atoms in total. The van der Waals surface area contributed by atoms with Gasteiger partial charge in [0.2, 0.25) is 5.91 Å². The van der Waals surface area contributed by atoms with Gasteiger partial charge in [0.05, 0.1) is 13.2 Å². The first-order chi connectivity index (χ1) is 12.7. The molecule has 0 spiro atoms. The Kier molecular flexibility index (Phi) is 14.9. The lowest BCUT2D eigenvalue weighted by atomic mass is 9.95. The normalized spacial score (nSPS) is 17.3. The van der Waals surface area contributed by atoms with E-state index in [-0.39, 0.29) is 5.91 Å². The Morgan fingerprint density at radius 1 is 0.962 bits per heavy atom. The van der Waals surface area contributed by atoms with E-state index in [0.29, 0.717) is 12.5 Å². The summed E-state index contributed by atoms with van der Waals surface area (Å²) in [6.45, 7) is 4.87. The van der Waals surface area contributed by atoms with Crippen molar-refractivity contribution < 1.29 is 14.3 Å². The Labute approximate surface area is 161 Å². The highest BCUT2D eigenvalue weighted by molar-refractivity contribution is 5.73. The Morgan fingerprint density at radius 2 is 1.50 bits per heavy atom. The van der Waals surface area contributed by atoms with Gasteiger partial charge >= 0.3 is 0 Å². The van der Waals surface area contributed by atoms with Crippen LogP contribution in [0.15, 0.2) is 0 Å². The molecule has 0 radical (unpaired) electrons. The minimum atomic E-state index is -0.166. The highest BCUT2D eigenvalue weighted by Gasteiger charge is 2.22. The molecule has 1 saturated heterocycles. The van der Waals surface area contributed by atoms with Gasteiger partial charge in [-0.05, 0) is 25.2 Å². The highest BCUT2D eigenvalue weighted by atomic mass is 16.6. The van der Waals surface area contributed by atoms with Crippen LogP contribution >= 0.6 is 0 Å². The van der Waals surface area contributed by atoms with Gasteiger partial charge in [-0.1, -0.05) is 77.6 Å². The molecule has 1 aliphatic rings. The average Bonchev–Trinajstić information content (AvgIpc) is 3.43. The topological polar surface area (TPSA) is 64.9 Å². The molecule has 0 aromatic rings. The van der Waals surface area contributed by atoms with Crippen LogP contribution in [0.4, 0.5) is 0 Å². The lowest BCUT2D eigenvalue weighted by Crippen LogP contribution is -2.13. The summed E-state index contributed by atoms with van der Waals surface area (Å²) < 4.78 is 11.1. The van der Waals surface area contributed by atoms with Crippen molar-refractivity contribution in [2.24, 2.45) is 11.7 Å². The van der Waals surface area contributed by atoms with Crippen molar-refractivity contribution in [1.29, 1.82) is 0 Å². The predicted octanol–water partition coefficient (Wildman–Crippen LogP) is 5.37. The second-order valence-electron chi connectivity index (χ2n) is 8.04. The summed E-state index contributed by atoms with van der Waals surface area (Å²) in [7, 11) is 0. The van der Waals surface area contributed by atoms with Crippen molar-refractivity contribution in [2.45, 2.75) is 109 Å². The van der Waals surface area contributed by atoms with Gasteiger partial charge in [0.1, 0.15) is 6.10 Å². The molecule has 1 fully saturated rings. The number of carbonyl (C=O) groups excluding carboxylic acids is 1. The summed E-state index contributed by atoms with van der Waals surface area (Å²) in [6.07, 6.45) is 19.0. The minimum Gasteiger partial charge on any atom is -0.378 e. The van der Waals surface area contributed by atoms with Gasteiger partial charge < -0.3 is 15.2 Å². The first kappa shape index (κ1) is 23.4. The molecular formula is C22H43NO3. The molecule has 4 heteroatoms. The van der Waals surface area contributed by atoms with Gasteiger partial charge in [-0.15, -0.1) is 0 Å². The van der Waals surface area contributed by atoms with Crippen molar-refractivity contribution in [3.8, 4) is 0 Å².